The SMILES string of the molecule is CCCC1CCN(C2CCCC2O)C1. The smallest absolute Gasteiger partial charge is 0.0695 e. The zero-order valence-electron chi connectivity index (χ0n) is 9.28. The first-order valence-electron chi connectivity index (χ1n) is 6.23. The van der Waals surface area contributed by atoms with Crippen LogP contribution < -0.4 is 0 Å². The van der Waals surface area contributed by atoms with Gasteiger partial charge in [0, 0.05) is 12.6 Å². The maximum absolute atomic E-state index is 9.82. The summed E-state index contributed by atoms with van der Waals surface area (Å²) in [6.45, 7) is 4.75. The molecule has 2 heteroatoms. The van der Waals surface area contributed by atoms with E-state index in [-0.39, 0.29) is 6.10 Å². The molecule has 2 fully saturated rings. The monoisotopic (exact) mass is 197 g/mol. The highest BCUT2D eigenvalue weighted by atomic mass is 16.3. The van der Waals surface area contributed by atoms with Gasteiger partial charge in [-0.2, -0.15) is 0 Å². The van der Waals surface area contributed by atoms with Crippen molar-refractivity contribution in [3.63, 3.8) is 0 Å². The molecule has 1 N–H and O–H groups in total. The molecule has 2 nitrogen and oxygen atoms in total. The molecule has 0 aromatic carbocycles. The van der Waals surface area contributed by atoms with E-state index in [2.05, 4.69) is 11.8 Å². The Balaban J connectivity index is 1.82. The minimum absolute atomic E-state index is 0.0321. The van der Waals surface area contributed by atoms with Crippen molar-refractivity contribution in [3.8, 4) is 0 Å². The quantitative estimate of drug-likeness (QED) is 0.748. The van der Waals surface area contributed by atoms with Crippen LogP contribution in [-0.2, 0) is 0 Å². The highest BCUT2D eigenvalue weighted by Gasteiger charge is 2.34. The number of aliphatic hydroxyl groups excluding tert-OH is 1. The summed E-state index contributed by atoms with van der Waals surface area (Å²) < 4.78 is 0. The van der Waals surface area contributed by atoms with Crippen LogP contribution in [0.4, 0.5) is 0 Å². The Hall–Kier alpha value is -0.0800. The Bertz CT molecular complexity index is 183. The number of hydrogen-bond donors (Lipinski definition) is 1. The Morgan fingerprint density at radius 3 is 2.79 bits per heavy atom. The van der Waals surface area contributed by atoms with Crippen LogP contribution >= 0.6 is 0 Å². The lowest BCUT2D eigenvalue weighted by atomic mass is 10.0. The third-order valence-corrected chi connectivity index (χ3v) is 3.93. The van der Waals surface area contributed by atoms with Gasteiger partial charge < -0.3 is 5.11 Å². The second-order valence-electron chi connectivity index (χ2n) is 5.00. The molecule has 82 valence electrons. The predicted octanol–water partition coefficient (Wildman–Crippen LogP) is 2.02. The molecule has 1 saturated carbocycles. The molecule has 1 heterocycles. The molecule has 0 aromatic heterocycles. The molecule has 14 heavy (non-hydrogen) atoms. The highest BCUT2D eigenvalue weighted by molar-refractivity contribution is 4.89. The summed E-state index contributed by atoms with van der Waals surface area (Å²) in [5, 5.41) is 9.82. The molecule has 0 amide bonds. The minimum Gasteiger partial charge on any atom is -0.391 e. The van der Waals surface area contributed by atoms with Crippen LogP contribution in [0.15, 0.2) is 0 Å². The van der Waals surface area contributed by atoms with Crippen LogP contribution in [0, 0.1) is 5.92 Å². The number of hydrogen-bond acceptors (Lipinski definition) is 2. The first kappa shape index (κ1) is 10.4. The molecule has 1 aliphatic heterocycles. The molecule has 0 radical (unpaired) electrons. The molecular weight excluding hydrogens is 174 g/mol. The minimum atomic E-state index is -0.0321. The predicted molar refractivity (Wildman–Crippen MR) is 58.2 cm³/mol. The van der Waals surface area contributed by atoms with Crippen molar-refractivity contribution < 1.29 is 5.11 Å². The summed E-state index contributed by atoms with van der Waals surface area (Å²) in [5.74, 6) is 0.910. The molecule has 1 saturated heterocycles. The van der Waals surface area contributed by atoms with E-state index in [4.69, 9.17) is 0 Å². The Morgan fingerprint density at radius 2 is 2.14 bits per heavy atom. The number of nitrogens with zero attached hydrogens (tertiary/aromatic N) is 1. The van der Waals surface area contributed by atoms with Gasteiger partial charge in [-0.3, -0.25) is 4.90 Å². The van der Waals surface area contributed by atoms with Crippen LogP contribution in [0.1, 0.15) is 45.4 Å². The van der Waals surface area contributed by atoms with Gasteiger partial charge in [-0.1, -0.05) is 13.3 Å². The third-order valence-electron chi connectivity index (χ3n) is 3.93. The van der Waals surface area contributed by atoms with E-state index in [9.17, 15) is 5.11 Å². The average molecular weight is 197 g/mol. The van der Waals surface area contributed by atoms with E-state index >= 15 is 0 Å². The molecule has 0 spiro atoms. The lowest BCUT2D eigenvalue weighted by Gasteiger charge is -2.26. The highest BCUT2D eigenvalue weighted by Crippen LogP contribution is 2.30. The van der Waals surface area contributed by atoms with E-state index < -0.39 is 0 Å². The van der Waals surface area contributed by atoms with Gasteiger partial charge in [0.1, 0.15) is 0 Å². The molecule has 2 rings (SSSR count). The first-order valence-corrected chi connectivity index (χ1v) is 6.23. The van der Waals surface area contributed by atoms with E-state index in [1.54, 1.807) is 0 Å². The topological polar surface area (TPSA) is 23.5 Å². The molecule has 3 atom stereocenters. The van der Waals surface area contributed by atoms with Crippen molar-refractivity contribution in [1.29, 1.82) is 0 Å². The van der Waals surface area contributed by atoms with Crippen LogP contribution in [0.2, 0.25) is 0 Å². The van der Waals surface area contributed by atoms with Gasteiger partial charge >= 0.3 is 0 Å². The molecule has 0 bridgehead atoms. The van der Waals surface area contributed by atoms with Gasteiger partial charge in [0.2, 0.25) is 0 Å². The largest absolute Gasteiger partial charge is 0.391 e. The van der Waals surface area contributed by atoms with Gasteiger partial charge in [0.15, 0.2) is 0 Å². The number of aliphatic hydroxyl groups is 1. The van der Waals surface area contributed by atoms with E-state index in [1.165, 1.54) is 45.2 Å². The summed E-state index contributed by atoms with van der Waals surface area (Å²) in [6, 6.07) is 0.497. The average Bonchev–Trinajstić information content (AvgIpc) is 2.74. The lowest BCUT2D eigenvalue weighted by molar-refractivity contribution is 0.0828. The second-order valence-corrected chi connectivity index (χ2v) is 5.00. The van der Waals surface area contributed by atoms with Crippen molar-refractivity contribution in [2.45, 2.75) is 57.6 Å². The fourth-order valence-electron chi connectivity index (χ4n) is 3.15. The summed E-state index contributed by atoms with van der Waals surface area (Å²) >= 11 is 0. The van der Waals surface area contributed by atoms with Crippen LogP contribution in [-0.4, -0.2) is 35.2 Å². The van der Waals surface area contributed by atoms with Crippen molar-refractivity contribution in [2.24, 2.45) is 5.92 Å². The molecule has 3 unspecified atom stereocenters. The first-order chi connectivity index (χ1) is 6.81. The van der Waals surface area contributed by atoms with Crippen LogP contribution in [0.3, 0.4) is 0 Å². The van der Waals surface area contributed by atoms with Gasteiger partial charge in [-0.15, -0.1) is 0 Å². The van der Waals surface area contributed by atoms with Crippen molar-refractivity contribution in [1.82, 2.24) is 4.90 Å². The summed E-state index contributed by atoms with van der Waals surface area (Å²) in [6.07, 6.45) is 7.48. The van der Waals surface area contributed by atoms with Gasteiger partial charge in [0.25, 0.3) is 0 Å². The van der Waals surface area contributed by atoms with Gasteiger partial charge in [-0.25, -0.2) is 0 Å². The van der Waals surface area contributed by atoms with Crippen LogP contribution in [0.5, 0.6) is 0 Å². The Labute approximate surface area is 87.3 Å². The van der Waals surface area contributed by atoms with Gasteiger partial charge in [-0.05, 0) is 44.6 Å². The zero-order chi connectivity index (χ0) is 9.97. The number of likely N-dealkylation sites (tertiary alicyclic amines) is 1. The normalized spacial score (nSPS) is 39.4. The van der Waals surface area contributed by atoms with Gasteiger partial charge in [0.05, 0.1) is 6.10 Å². The second kappa shape index (κ2) is 4.63. The summed E-state index contributed by atoms with van der Waals surface area (Å²) in [5.41, 5.74) is 0. The Morgan fingerprint density at radius 1 is 1.29 bits per heavy atom. The number of rotatable bonds is 3. The standard InChI is InChI=1S/C12H23NO/c1-2-4-10-7-8-13(9-10)11-5-3-6-12(11)14/h10-12,14H,2-9H2,1H3. The van der Waals surface area contributed by atoms with E-state index in [1.807, 2.05) is 0 Å². The van der Waals surface area contributed by atoms with Crippen LogP contribution in [0.25, 0.3) is 0 Å². The molecule has 0 aromatic rings. The third kappa shape index (κ3) is 2.12. The zero-order valence-corrected chi connectivity index (χ0v) is 9.28. The molecular formula is C12H23NO. The Kier molecular flexibility index (Phi) is 3.45. The summed E-state index contributed by atoms with van der Waals surface area (Å²) in [7, 11) is 0. The van der Waals surface area contributed by atoms with Crippen molar-refractivity contribution >= 4 is 0 Å². The maximum atomic E-state index is 9.82. The molecule has 1 aliphatic carbocycles. The van der Waals surface area contributed by atoms with E-state index in [0.29, 0.717) is 6.04 Å². The maximum Gasteiger partial charge on any atom is 0.0695 e. The fourth-order valence-corrected chi connectivity index (χ4v) is 3.15. The van der Waals surface area contributed by atoms with Crippen molar-refractivity contribution in [3.05, 3.63) is 0 Å². The summed E-state index contributed by atoms with van der Waals surface area (Å²) in [4.78, 5) is 2.54. The van der Waals surface area contributed by atoms with E-state index in [0.717, 1.165) is 12.3 Å². The fraction of sp³-hybridized carbons (Fsp3) is 1.00. The molecule has 2 aliphatic rings. The lowest BCUT2D eigenvalue weighted by Crippen LogP contribution is -2.38. The van der Waals surface area contributed by atoms with Crippen molar-refractivity contribution in [2.75, 3.05) is 13.1 Å².